The van der Waals surface area contributed by atoms with Crippen molar-refractivity contribution in [2.24, 2.45) is 0 Å². The van der Waals surface area contributed by atoms with Crippen molar-refractivity contribution in [1.29, 1.82) is 0 Å². The van der Waals surface area contributed by atoms with Gasteiger partial charge in [-0.2, -0.15) is 0 Å². The quantitative estimate of drug-likeness (QED) is 0.366. The fourth-order valence-electron chi connectivity index (χ4n) is 0.634. The average molecular weight is 194 g/mol. The van der Waals surface area contributed by atoms with Crippen molar-refractivity contribution in [3.05, 3.63) is 0 Å². The van der Waals surface area contributed by atoms with Crippen molar-refractivity contribution >= 4 is 29.6 Å². The van der Waals surface area contributed by atoms with Gasteiger partial charge in [0, 0.05) is 0 Å². The fraction of sp³-hybridized carbons (Fsp3) is 0. The molecule has 2 heterocycles. The number of hydrogen-bond donors (Lipinski definition) is 2. The number of tetrazole rings is 2. The summed E-state index contributed by atoms with van der Waals surface area (Å²) in [5.41, 5.74) is 0. The van der Waals surface area contributed by atoms with E-state index in [9.17, 15) is 0 Å². The molecule has 0 fully saturated rings. The second kappa shape index (κ2) is 3.64. The van der Waals surface area contributed by atoms with Crippen LogP contribution in [0.4, 0.5) is 0 Å². The Bertz CT molecular complexity index is 356. The number of nitrogens with zero attached hydrogens (tertiary/aromatic N) is 8. The molecule has 10 nitrogen and oxygen atoms in total. The summed E-state index contributed by atoms with van der Waals surface area (Å²) in [5, 5.41) is 36.9. The van der Waals surface area contributed by atoms with Gasteiger partial charge in [0.2, 0.25) is 0 Å². The fourth-order valence-corrected chi connectivity index (χ4v) is 0.634. The molecule has 0 saturated heterocycles. The molecular formula is C2H3N8NaO2. The van der Waals surface area contributed by atoms with Crippen LogP contribution in [0, 0.1) is 0 Å². The standard InChI is InChI=1S/C2H2N8O2.Na.H/c11-9-1(3-5-7-9)2-4-6-8-10(2)12;;/h11-12H;;. The van der Waals surface area contributed by atoms with Gasteiger partial charge >= 0.3 is 29.6 Å². The van der Waals surface area contributed by atoms with E-state index in [4.69, 9.17) is 10.4 Å². The minimum atomic E-state index is -0.150. The van der Waals surface area contributed by atoms with E-state index in [2.05, 4.69) is 31.1 Å². The van der Waals surface area contributed by atoms with Gasteiger partial charge in [0.05, 0.1) is 0 Å². The summed E-state index contributed by atoms with van der Waals surface area (Å²) >= 11 is 0. The first kappa shape index (κ1) is 9.83. The molecule has 0 radical (unpaired) electrons. The van der Waals surface area contributed by atoms with Crippen molar-refractivity contribution in [3.8, 4) is 11.6 Å². The number of rotatable bonds is 1. The topological polar surface area (TPSA) is 128 Å². The van der Waals surface area contributed by atoms with E-state index >= 15 is 0 Å². The molecule has 0 spiro atoms. The summed E-state index contributed by atoms with van der Waals surface area (Å²) in [5.74, 6) is -0.301. The summed E-state index contributed by atoms with van der Waals surface area (Å²) in [6.45, 7) is 0. The van der Waals surface area contributed by atoms with Crippen molar-refractivity contribution in [3.63, 3.8) is 0 Å². The molecular weight excluding hydrogens is 191 g/mol. The van der Waals surface area contributed by atoms with E-state index in [0.717, 1.165) is 0 Å². The van der Waals surface area contributed by atoms with Gasteiger partial charge in [-0.1, -0.05) is 9.69 Å². The second-order valence-corrected chi connectivity index (χ2v) is 1.78. The van der Waals surface area contributed by atoms with E-state index in [0.29, 0.717) is 9.69 Å². The molecule has 13 heavy (non-hydrogen) atoms. The van der Waals surface area contributed by atoms with E-state index < -0.39 is 0 Å². The molecule has 2 aromatic heterocycles. The predicted molar refractivity (Wildman–Crippen MR) is 36.1 cm³/mol. The first-order chi connectivity index (χ1) is 5.79. The van der Waals surface area contributed by atoms with Gasteiger partial charge in [-0.05, 0) is 20.9 Å². The molecule has 0 amide bonds. The molecule has 2 N–H and O–H groups in total. The van der Waals surface area contributed by atoms with Gasteiger partial charge in [0.15, 0.2) is 0 Å². The monoisotopic (exact) mass is 194 g/mol. The first-order valence-electron chi connectivity index (χ1n) is 2.74. The molecule has 0 aliphatic rings. The molecule has 0 aliphatic heterocycles. The molecule has 0 atom stereocenters. The van der Waals surface area contributed by atoms with Gasteiger partial charge < -0.3 is 10.4 Å². The van der Waals surface area contributed by atoms with Crippen LogP contribution in [0.25, 0.3) is 11.6 Å². The molecule has 0 aliphatic carbocycles. The van der Waals surface area contributed by atoms with Crippen LogP contribution in [0.3, 0.4) is 0 Å². The summed E-state index contributed by atoms with van der Waals surface area (Å²) in [6.07, 6.45) is 0. The molecule has 0 aromatic carbocycles. The summed E-state index contributed by atoms with van der Waals surface area (Å²) in [6, 6.07) is 0. The zero-order valence-corrected chi connectivity index (χ0v) is 5.47. The Balaban J connectivity index is 0.000000845. The van der Waals surface area contributed by atoms with Crippen LogP contribution in [0.2, 0.25) is 0 Å². The SMILES string of the molecule is On1nnnc1-c1nnnn1O.[NaH]. The third kappa shape index (κ3) is 1.59. The normalized spacial score (nSPS) is 9.54. The Morgan fingerprint density at radius 3 is 1.46 bits per heavy atom. The molecule has 2 aromatic rings. The van der Waals surface area contributed by atoms with Crippen molar-refractivity contribution in [2.45, 2.75) is 0 Å². The van der Waals surface area contributed by atoms with Gasteiger partial charge in [0.1, 0.15) is 0 Å². The van der Waals surface area contributed by atoms with Gasteiger partial charge in [-0.25, -0.2) is 0 Å². The molecule has 64 valence electrons. The third-order valence-electron chi connectivity index (χ3n) is 1.11. The zero-order chi connectivity index (χ0) is 8.55. The Morgan fingerprint density at radius 2 is 1.23 bits per heavy atom. The molecule has 0 saturated carbocycles. The summed E-state index contributed by atoms with van der Waals surface area (Å²) in [4.78, 5) is 0.691. The van der Waals surface area contributed by atoms with Crippen molar-refractivity contribution in [2.75, 3.05) is 0 Å². The summed E-state index contributed by atoms with van der Waals surface area (Å²) < 4.78 is 0. The minimum absolute atomic E-state index is 0. The Morgan fingerprint density at radius 1 is 0.846 bits per heavy atom. The van der Waals surface area contributed by atoms with Crippen molar-refractivity contribution in [1.82, 2.24) is 40.7 Å². The van der Waals surface area contributed by atoms with Gasteiger partial charge in [-0.3, -0.25) is 0 Å². The van der Waals surface area contributed by atoms with E-state index in [1.54, 1.807) is 0 Å². The first-order valence-corrected chi connectivity index (χ1v) is 2.74. The molecule has 0 unspecified atom stereocenters. The maximum atomic E-state index is 8.91. The molecule has 2 rings (SSSR count). The van der Waals surface area contributed by atoms with Crippen molar-refractivity contribution < 1.29 is 10.4 Å². The van der Waals surface area contributed by atoms with Crippen LogP contribution in [0.15, 0.2) is 0 Å². The Hall–Kier alpha value is -1.26. The number of aromatic nitrogens is 8. The van der Waals surface area contributed by atoms with Crippen LogP contribution in [-0.2, 0) is 0 Å². The molecule has 0 bridgehead atoms. The predicted octanol–water partition coefficient (Wildman–Crippen LogP) is -2.85. The Kier molecular flexibility index (Phi) is 2.75. The van der Waals surface area contributed by atoms with E-state index in [-0.39, 0.29) is 41.2 Å². The van der Waals surface area contributed by atoms with E-state index in [1.165, 1.54) is 0 Å². The second-order valence-electron chi connectivity index (χ2n) is 1.78. The summed E-state index contributed by atoms with van der Waals surface area (Å²) in [7, 11) is 0. The average Bonchev–Trinajstić information content (AvgIpc) is 2.59. The molecule has 11 heteroatoms. The number of hydrogen-bond acceptors (Lipinski definition) is 8. The van der Waals surface area contributed by atoms with Crippen LogP contribution >= 0.6 is 0 Å². The third-order valence-corrected chi connectivity index (χ3v) is 1.11. The van der Waals surface area contributed by atoms with Gasteiger partial charge in [-0.15, -0.1) is 10.2 Å². The van der Waals surface area contributed by atoms with Crippen LogP contribution in [0.1, 0.15) is 0 Å². The van der Waals surface area contributed by atoms with Crippen LogP contribution in [0.5, 0.6) is 0 Å². The zero-order valence-electron chi connectivity index (χ0n) is 5.47. The maximum absolute atomic E-state index is 8.91. The van der Waals surface area contributed by atoms with Crippen LogP contribution in [-0.4, -0.2) is 80.7 Å². The van der Waals surface area contributed by atoms with Crippen LogP contribution < -0.4 is 0 Å². The Labute approximate surface area is 92.4 Å². The van der Waals surface area contributed by atoms with E-state index in [1.807, 2.05) is 0 Å². The van der Waals surface area contributed by atoms with Gasteiger partial charge in [0.25, 0.3) is 11.6 Å².